The molecule has 0 atom stereocenters. The molecule has 2 aromatic rings. The first-order chi connectivity index (χ1) is 8.70. The summed E-state index contributed by atoms with van der Waals surface area (Å²) >= 11 is 0. The summed E-state index contributed by atoms with van der Waals surface area (Å²) in [7, 11) is 0. The lowest BCUT2D eigenvalue weighted by Gasteiger charge is -2.03. The first-order valence-corrected chi connectivity index (χ1v) is 5.58. The second-order valence-electron chi connectivity index (χ2n) is 3.21. The van der Waals surface area contributed by atoms with Crippen LogP contribution in [0.5, 0.6) is 5.75 Å². The molecule has 0 fully saturated rings. The molecule has 0 aliphatic rings. The predicted molar refractivity (Wildman–Crippen MR) is 72.8 cm³/mol. The first kappa shape index (κ1) is 13.5. The molecular formula is C14H15N3O. The minimum Gasteiger partial charge on any atom is -0.507 e. The van der Waals surface area contributed by atoms with Gasteiger partial charge >= 0.3 is 0 Å². The molecule has 0 saturated carbocycles. The fourth-order valence-electron chi connectivity index (χ4n) is 1.32. The molecule has 3 N–H and O–H groups in total. The lowest BCUT2D eigenvalue weighted by Crippen LogP contribution is -1.93. The molecule has 92 valence electrons. The summed E-state index contributed by atoms with van der Waals surface area (Å²) in [6.07, 6.45) is 8.39. The van der Waals surface area contributed by atoms with E-state index >= 15 is 0 Å². The molecule has 0 bridgehead atoms. The van der Waals surface area contributed by atoms with Gasteiger partial charge in [0.25, 0.3) is 0 Å². The number of aromatic nitrogens is 2. The Bertz CT molecular complexity index is 556. The molecule has 0 aliphatic heterocycles. The summed E-state index contributed by atoms with van der Waals surface area (Å²) < 4.78 is 0. The fraction of sp³-hybridized carbons (Fsp3) is 0.143. The van der Waals surface area contributed by atoms with Gasteiger partial charge in [0.05, 0.1) is 5.56 Å². The monoisotopic (exact) mass is 241 g/mol. The molecule has 0 radical (unpaired) electrons. The van der Waals surface area contributed by atoms with Crippen molar-refractivity contribution in [1.82, 2.24) is 9.97 Å². The molecule has 0 amide bonds. The van der Waals surface area contributed by atoms with E-state index in [0.29, 0.717) is 5.56 Å². The fourth-order valence-corrected chi connectivity index (χ4v) is 1.32. The number of anilines is 1. The Kier molecular flexibility index (Phi) is 4.70. The number of rotatable bonds is 1. The second-order valence-corrected chi connectivity index (χ2v) is 3.21. The highest BCUT2D eigenvalue weighted by Gasteiger charge is 2.03. The lowest BCUT2D eigenvalue weighted by molar-refractivity contribution is 0.474. The van der Waals surface area contributed by atoms with E-state index in [1.807, 2.05) is 13.8 Å². The minimum atomic E-state index is 0.0665. The quantitative estimate of drug-likeness (QED) is 0.752. The number of nitrogens with zero attached hydrogens (tertiary/aromatic N) is 2. The van der Waals surface area contributed by atoms with Gasteiger partial charge in [0.2, 0.25) is 5.95 Å². The number of benzene rings is 1. The van der Waals surface area contributed by atoms with Gasteiger partial charge in [-0.15, -0.1) is 6.42 Å². The zero-order valence-electron chi connectivity index (χ0n) is 10.4. The van der Waals surface area contributed by atoms with Crippen molar-refractivity contribution < 1.29 is 5.11 Å². The smallest absolute Gasteiger partial charge is 0.219 e. The van der Waals surface area contributed by atoms with Gasteiger partial charge in [-0.25, -0.2) is 9.97 Å². The third-order valence-corrected chi connectivity index (χ3v) is 2.16. The first-order valence-electron chi connectivity index (χ1n) is 5.58. The molecule has 2 rings (SSSR count). The van der Waals surface area contributed by atoms with E-state index in [9.17, 15) is 5.11 Å². The Balaban J connectivity index is 0.000000771. The Morgan fingerprint density at radius 3 is 2.28 bits per heavy atom. The largest absolute Gasteiger partial charge is 0.507 e. The van der Waals surface area contributed by atoms with Gasteiger partial charge in [-0.2, -0.15) is 0 Å². The highest BCUT2D eigenvalue weighted by molar-refractivity contribution is 5.66. The Labute approximate surface area is 107 Å². The molecular weight excluding hydrogens is 226 g/mol. The zero-order valence-corrected chi connectivity index (χ0v) is 10.4. The van der Waals surface area contributed by atoms with Gasteiger partial charge in [-0.3, -0.25) is 0 Å². The number of aromatic hydroxyl groups is 1. The molecule has 18 heavy (non-hydrogen) atoms. The van der Waals surface area contributed by atoms with Gasteiger partial charge in [0.15, 0.2) is 0 Å². The highest BCUT2D eigenvalue weighted by atomic mass is 16.3. The maximum absolute atomic E-state index is 9.60. The molecule has 0 aliphatic carbocycles. The van der Waals surface area contributed by atoms with Crippen molar-refractivity contribution in [2.75, 3.05) is 5.73 Å². The van der Waals surface area contributed by atoms with Crippen molar-refractivity contribution in [1.29, 1.82) is 0 Å². The summed E-state index contributed by atoms with van der Waals surface area (Å²) in [5, 5.41) is 9.60. The van der Waals surface area contributed by atoms with Crippen LogP contribution in [0.2, 0.25) is 0 Å². The van der Waals surface area contributed by atoms with Crippen LogP contribution in [-0.4, -0.2) is 15.1 Å². The second kappa shape index (κ2) is 6.26. The molecule has 4 nitrogen and oxygen atoms in total. The SMILES string of the molecule is C#Cc1ccc(-c2cnc(N)nc2)cc1O.CC. The van der Waals surface area contributed by atoms with Gasteiger partial charge in [-0.1, -0.05) is 25.8 Å². The van der Waals surface area contributed by atoms with E-state index in [1.54, 1.807) is 30.6 Å². The number of nitrogens with two attached hydrogens (primary N) is 1. The molecule has 0 saturated heterocycles. The molecule has 0 unspecified atom stereocenters. The van der Waals surface area contributed by atoms with Crippen molar-refractivity contribution in [3.8, 4) is 29.2 Å². The molecule has 1 heterocycles. The molecule has 1 aromatic carbocycles. The van der Waals surface area contributed by atoms with Crippen LogP contribution in [0.25, 0.3) is 11.1 Å². The van der Waals surface area contributed by atoms with Crippen LogP contribution >= 0.6 is 0 Å². The minimum absolute atomic E-state index is 0.0665. The van der Waals surface area contributed by atoms with E-state index in [2.05, 4.69) is 15.9 Å². The lowest BCUT2D eigenvalue weighted by atomic mass is 10.1. The summed E-state index contributed by atoms with van der Waals surface area (Å²) in [6, 6.07) is 5.04. The van der Waals surface area contributed by atoms with E-state index in [-0.39, 0.29) is 11.7 Å². The number of phenols is 1. The average Bonchev–Trinajstić information content (AvgIpc) is 2.42. The Morgan fingerprint density at radius 2 is 1.78 bits per heavy atom. The van der Waals surface area contributed by atoms with E-state index in [4.69, 9.17) is 12.2 Å². The highest BCUT2D eigenvalue weighted by Crippen LogP contribution is 2.25. The predicted octanol–water partition coefficient (Wildman–Crippen LogP) is 2.44. The number of phenolic OH excluding ortho intramolecular Hbond substituents is 1. The normalized spacial score (nSPS) is 8.94. The van der Waals surface area contributed by atoms with Crippen molar-refractivity contribution in [2.24, 2.45) is 0 Å². The van der Waals surface area contributed by atoms with Gasteiger partial charge < -0.3 is 10.8 Å². The van der Waals surface area contributed by atoms with Gasteiger partial charge in [0, 0.05) is 18.0 Å². The zero-order chi connectivity index (χ0) is 13.5. The third-order valence-electron chi connectivity index (χ3n) is 2.16. The molecule has 1 aromatic heterocycles. The van der Waals surface area contributed by atoms with Crippen molar-refractivity contribution >= 4 is 5.95 Å². The van der Waals surface area contributed by atoms with Crippen LogP contribution in [0.3, 0.4) is 0 Å². The van der Waals surface area contributed by atoms with E-state index < -0.39 is 0 Å². The van der Waals surface area contributed by atoms with E-state index in [1.165, 1.54) is 0 Å². The number of nitrogen functional groups attached to an aromatic ring is 1. The van der Waals surface area contributed by atoms with Crippen LogP contribution < -0.4 is 5.73 Å². The molecule has 0 spiro atoms. The van der Waals surface area contributed by atoms with E-state index in [0.717, 1.165) is 11.1 Å². The number of hydrogen-bond donors (Lipinski definition) is 2. The van der Waals surface area contributed by atoms with Gasteiger partial charge in [-0.05, 0) is 17.7 Å². The Hall–Kier alpha value is -2.54. The van der Waals surface area contributed by atoms with Crippen LogP contribution in [0, 0.1) is 12.3 Å². The van der Waals surface area contributed by atoms with Crippen molar-refractivity contribution in [3.05, 3.63) is 36.2 Å². The average molecular weight is 241 g/mol. The third kappa shape index (κ3) is 2.98. The van der Waals surface area contributed by atoms with Crippen LogP contribution in [0.15, 0.2) is 30.6 Å². The van der Waals surface area contributed by atoms with Gasteiger partial charge in [0.1, 0.15) is 5.75 Å². The Morgan fingerprint density at radius 1 is 1.17 bits per heavy atom. The van der Waals surface area contributed by atoms with Crippen LogP contribution in [-0.2, 0) is 0 Å². The summed E-state index contributed by atoms with van der Waals surface area (Å²) in [5.41, 5.74) is 7.40. The maximum Gasteiger partial charge on any atom is 0.219 e. The summed E-state index contributed by atoms with van der Waals surface area (Å²) in [5.74, 6) is 2.66. The maximum atomic E-state index is 9.60. The van der Waals surface area contributed by atoms with Crippen molar-refractivity contribution in [2.45, 2.75) is 13.8 Å². The van der Waals surface area contributed by atoms with Crippen molar-refractivity contribution in [3.63, 3.8) is 0 Å². The molecule has 4 heteroatoms. The number of terminal acetylenes is 1. The summed E-state index contributed by atoms with van der Waals surface area (Å²) in [6.45, 7) is 4.00. The van der Waals surface area contributed by atoms with Crippen LogP contribution in [0.4, 0.5) is 5.95 Å². The summed E-state index contributed by atoms with van der Waals surface area (Å²) in [4.78, 5) is 7.74. The number of hydrogen-bond acceptors (Lipinski definition) is 4. The van der Waals surface area contributed by atoms with Crippen LogP contribution in [0.1, 0.15) is 19.4 Å². The standard InChI is InChI=1S/C12H9N3O.C2H6/c1-2-8-3-4-9(5-11(8)16)10-6-14-12(13)15-7-10;1-2/h1,3-7,16H,(H2,13,14,15);1-2H3. The topological polar surface area (TPSA) is 72.0 Å².